The van der Waals surface area contributed by atoms with Crippen LogP contribution in [0.3, 0.4) is 0 Å². The van der Waals surface area contributed by atoms with Gasteiger partial charge in [-0.05, 0) is 24.3 Å². The van der Waals surface area contributed by atoms with Gasteiger partial charge in [-0.2, -0.15) is 21.6 Å². The number of halogens is 5. The Kier molecular flexibility index (Phi) is 5.54. The van der Waals surface area contributed by atoms with Crippen molar-refractivity contribution in [3.8, 4) is 0 Å². The van der Waals surface area contributed by atoms with E-state index in [0.29, 0.717) is 5.02 Å². The van der Waals surface area contributed by atoms with Crippen molar-refractivity contribution in [2.75, 3.05) is 0 Å². The minimum atomic E-state index is -4.27. The molecule has 0 aromatic heterocycles. The van der Waals surface area contributed by atoms with E-state index in [2.05, 4.69) is 10.7 Å². The normalized spacial score (nSPS) is 11.6. The maximum Gasteiger partial charge on any atom is 0.416 e. The molecule has 0 saturated heterocycles. The molecule has 0 amide bonds. The molecule has 0 heterocycles. The van der Waals surface area contributed by atoms with Crippen molar-refractivity contribution >= 4 is 31.6 Å². The van der Waals surface area contributed by atoms with Gasteiger partial charge in [0.1, 0.15) is 0 Å². The summed E-state index contributed by atoms with van der Waals surface area (Å²) in [6.45, 7) is 0. The lowest BCUT2D eigenvalue weighted by Gasteiger charge is -2.04. The first kappa shape index (κ1) is 15.5. The molecule has 0 atom stereocenters. The molecular weight excluding hydrogens is 292 g/mol. The maximum atomic E-state index is 11.9. The smallest absolute Gasteiger partial charge is 0.273 e. The van der Waals surface area contributed by atoms with Crippen molar-refractivity contribution in [1.82, 2.24) is 0 Å². The second-order valence-corrected chi connectivity index (χ2v) is 4.85. The third-order valence-electron chi connectivity index (χ3n) is 1.17. The molecule has 1 N–H and O–H groups in total. The fourth-order valence-corrected chi connectivity index (χ4v) is 0.765. The molecule has 16 heavy (non-hydrogen) atoms. The van der Waals surface area contributed by atoms with Gasteiger partial charge in [0.2, 0.25) is 0 Å². The number of benzene rings is 1. The van der Waals surface area contributed by atoms with Crippen molar-refractivity contribution in [3.05, 3.63) is 34.9 Å². The molecule has 3 nitrogen and oxygen atoms in total. The van der Waals surface area contributed by atoms with Crippen LogP contribution in [0.15, 0.2) is 24.3 Å². The van der Waals surface area contributed by atoms with Crippen LogP contribution in [0.4, 0.5) is 13.2 Å². The summed E-state index contributed by atoms with van der Waals surface area (Å²) in [5, 5.41) is 0.304. The summed E-state index contributed by atoms with van der Waals surface area (Å²) in [5.74, 6) is 0. The average Bonchev–Trinajstić information content (AvgIpc) is 1.99. The predicted molar refractivity (Wildman–Crippen MR) is 53.9 cm³/mol. The molecule has 92 valence electrons. The Morgan fingerprint density at radius 3 is 1.69 bits per heavy atom. The number of hydrogen-bond donors (Lipinski definition) is 1. The summed E-state index contributed by atoms with van der Waals surface area (Å²) in [6.07, 6.45) is -4.27. The Balaban J connectivity index is 0.000000385. The van der Waals surface area contributed by atoms with Crippen molar-refractivity contribution in [1.29, 1.82) is 0 Å². The molecule has 0 aliphatic heterocycles. The predicted octanol–water partition coefficient (Wildman–Crippen LogP) is 3.39. The van der Waals surface area contributed by atoms with Gasteiger partial charge >= 0.3 is 15.5 Å². The van der Waals surface area contributed by atoms with Crippen LogP contribution in [0, 0.1) is 0 Å². The summed E-state index contributed by atoms with van der Waals surface area (Å²) in [4.78, 5) is 0. The standard InChI is InChI=1S/C7H4ClF3.ClHO3S/c8-6-3-1-5(2-4-6)7(9,10)11;1-5(2,3)4/h1-4H;(H,2,3,4). The third kappa shape index (κ3) is 8.78. The Morgan fingerprint density at radius 2 is 1.44 bits per heavy atom. The summed E-state index contributed by atoms with van der Waals surface area (Å²) < 4.78 is 60.8. The van der Waals surface area contributed by atoms with Gasteiger partial charge in [-0.1, -0.05) is 11.6 Å². The highest BCUT2D eigenvalue weighted by atomic mass is 35.7. The topological polar surface area (TPSA) is 54.4 Å². The maximum absolute atomic E-state index is 11.9. The van der Waals surface area contributed by atoms with Gasteiger partial charge in [0.25, 0.3) is 0 Å². The van der Waals surface area contributed by atoms with Crippen LogP contribution in [0.5, 0.6) is 0 Å². The molecule has 1 aromatic rings. The van der Waals surface area contributed by atoms with E-state index in [9.17, 15) is 13.2 Å². The van der Waals surface area contributed by atoms with Gasteiger partial charge in [-0.25, -0.2) is 0 Å². The summed E-state index contributed by atoms with van der Waals surface area (Å²) in [6, 6.07) is 4.32. The Bertz CT molecular complexity index is 419. The molecule has 0 radical (unpaired) electrons. The number of rotatable bonds is 0. The first-order chi connectivity index (χ1) is 7.00. The van der Waals surface area contributed by atoms with Crippen LogP contribution in [0.1, 0.15) is 5.56 Å². The first-order valence-electron chi connectivity index (χ1n) is 3.50. The summed E-state index contributed by atoms with van der Waals surface area (Å²) >= 11 is 5.39. The van der Waals surface area contributed by atoms with Crippen molar-refractivity contribution in [2.45, 2.75) is 6.18 Å². The lowest BCUT2D eigenvalue weighted by molar-refractivity contribution is -0.137. The van der Waals surface area contributed by atoms with Gasteiger partial charge in [-0.15, -0.1) is 0 Å². The number of hydrogen-bond acceptors (Lipinski definition) is 2. The highest BCUT2D eigenvalue weighted by molar-refractivity contribution is 8.09. The highest BCUT2D eigenvalue weighted by Crippen LogP contribution is 2.29. The van der Waals surface area contributed by atoms with E-state index < -0.39 is 21.1 Å². The summed E-state index contributed by atoms with van der Waals surface area (Å²) in [5.41, 5.74) is -0.679. The van der Waals surface area contributed by atoms with Gasteiger partial charge in [-0.3, -0.25) is 4.55 Å². The molecule has 0 fully saturated rings. The quantitative estimate of drug-likeness (QED) is 0.590. The molecule has 0 unspecified atom stereocenters. The highest BCUT2D eigenvalue weighted by Gasteiger charge is 2.29. The second-order valence-electron chi connectivity index (χ2n) is 2.42. The van der Waals surface area contributed by atoms with Crippen LogP contribution in [0.25, 0.3) is 0 Å². The van der Waals surface area contributed by atoms with Gasteiger partial charge in [0.15, 0.2) is 0 Å². The largest absolute Gasteiger partial charge is 0.416 e. The van der Waals surface area contributed by atoms with Crippen molar-refractivity contribution in [3.63, 3.8) is 0 Å². The van der Waals surface area contributed by atoms with Crippen molar-refractivity contribution < 1.29 is 26.1 Å². The lowest BCUT2D eigenvalue weighted by atomic mass is 10.2. The van der Waals surface area contributed by atoms with E-state index in [1.165, 1.54) is 12.1 Å². The SMILES string of the molecule is FC(F)(F)c1ccc(Cl)cc1.O=S(=O)(O)Cl. The number of alkyl halides is 3. The van der Waals surface area contributed by atoms with E-state index in [1.807, 2.05) is 0 Å². The van der Waals surface area contributed by atoms with Gasteiger partial charge in [0.05, 0.1) is 5.56 Å². The Hall–Kier alpha value is -0.500. The Morgan fingerprint density at radius 1 is 1.12 bits per heavy atom. The van der Waals surface area contributed by atoms with Crippen molar-refractivity contribution in [2.24, 2.45) is 0 Å². The van der Waals surface area contributed by atoms with Crippen LogP contribution in [-0.2, 0) is 15.5 Å². The fourth-order valence-electron chi connectivity index (χ4n) is 0.639. The van der Waals surface area contributed by atoms with Crippen LogP contribution in [-0.4, -0.2) is 13.0 Å². The third-order valence-corrected chi connectivity index (χ3v) is 1.42. The average molecular weight is 297 g/mol. The fraction of sp³-hybridized carbons (Fsp3) is 0.143. The van der Waals surface area contributed by atoms with Crippen LogP contribution in [0.2, 0.25) is 5.02 Å². The van der Waals surface area contributed by atoms with E-state index in [-0.39, 0.29) is 0 Å². The minimum Gasteiger partial charge on any atom is -0.273 e. The van der Waals surface area contributed by atoms with E-state index in [0.717, 1.165) is 12.1 Å². The minimum absolute atomic E-state index is 0.304. The zero-order chi connectivity index (χ0) is 13.0. The molecule has 0 aliphatic carbocycles. The molecule has 0 saturated carbocycles. The molecule has 1 rings (SSSR count). The van der Waals surface area contributed by atoms with E-state index >= 15 is 0 Å². The molecule has 0 bridgehead atoms. The zero-order valence-corrected chi connectivity index (χ0v) is 9.70. The monoisotopic (exact) mass is 296 g/mol. The summed E-state index contributed by atoms with van der Waals surface area (Å²) in [7, 11) is -0.137. The Labute approximate surface area is 99.0 Å². The zero-order valence-electron chi connectivity index (χ0n) is 7.37. The van der Waals surface area contributed by atoms with Crippen LogP contribution >= 0.6 is 22.3 Å². The second kappa shape index (κ2) is 5.72. The van der Waals surface area contributed by atoms with E-state index in [4.69, 9.17) is 24.6 Å². The van der Waals surface area contributed by atoms with Crippen LogP contribution < -0.4 is 0 Å². The van der Waals surface area contributed by atoms with E-state index in [1.54, 1.807) is 0 Å². The molecule has 1 aromatic carbocycles. The molecule has 0 aliphatic rings. The molecule has 9 heteroatoms. The lowest BCUT2D eigenvalue weighted by Crippen LogP contribution is -2.03. The van der Waals surface area contributed by atoms with Gasteiger partial charge < -0.3 is 0 Å². The molecular formula is C7H5Cl2F3O3S. The first-order valence-corrected chi connectivity index (χ1v) is 6.14. The van der Waals surface area contributed by atoms with Gasteiger partial charge in [0, 0.05) is 15.7 Å². The molecule has 0 spiro atoms.